The summed E-state index contributed by atoms with van der Waals surface area (Å²) in [5.74, 6) is 1.29. The number of ether oxygens (including phenoxy) is 1. The zero-order chi connectivity index (χ0) is 13.7. The summed E-state index contributed by atoms with van der Waals surface area (Å²) in [5, 5.41) is 9.27. The lowest BCUT2D eigenvalue weighted by atomic mass is 10.2. The topological polar surface area (TPSA) is 42.4 Å². The van der Waals surface area contributed by atoms with E-state index in [0.717, 1.165) is 33.4 Å². The molecule has 0 unspecified atom stereocenters. The number of aliphatic hydroxyl groups excluding tert-OH is 1. The van der Waals surface area contributed by atoms with E-state index < -0.39 is 0 Å². The molecule has 0 bridgehead atoms. The van der Waals surface area contributed by atoms with Crippen LogP contribution in [0.4, 0.5) is 0 Å². The number of pyridine rings is 1. The Kier molecular flexibility index (Phi) is 5.15. The Labute approximate surface area is 126 Å². The second kappa shape index (κ2) is 6.86. The van der Waals surface area contributed by atoms with Gasteiger partial charge in [-0.2, -0.15) is 0 Å². The Morgan fingerprint density at radius 3 is 2.58 bits per heavy atom. The SMILES string of the molecule is CCCc1cc(CO)cc(Oc2ccc(I)cc2)n1. The van der Waals surface area contributed by atoms with Crippen LogP contribution in [0.1, 0.15) is 24.6 Å². The summed E-state index contributed by atoms with van der Waals surface area (Å²) in [6.07, 6.45) is 1.90. The molecular formula is C15H16INO2. The highest BCUT2D eigenvalue weighted by Gasteiger charge is 2.04. The van der Waals surface area contributed by atoms with E-state index in [0.29, 0.717) is 5.88 Å². The van der Waals surface area contributed by atoms with Crippen LogP contribution in [-0.2, 0) is 13.0 Å². The van der Waals surface area contributed by atoms with Crippen molar-refractivity contribution in [1.82, 2.24) is 4.98 Å². The van der Waals surface area contributed by atoms with Crippen molar-refractivity contribution >= 4 is 22.6 Å². The lowest BCUT2D eigenvalue weighted by Gasteiger charge is -2.08. The van der Waals surface area contributed by atoms with Crippen LogP contribution in [0.5, 0.6) is 11.6 Å². The van der Waals surface area contributed by atoms with E-state index in [1.807, 2.05) is 30.3 Å². The van der Waals surface area contributed by atoms with Crippen molar-refractivity contribution in [2.24, 2.45) is 0 Å². The summed E-state index contributed by atoms with van der Waals surface area (Å²) in [6, 6.07) is 11.5. The van der Waals surface area contributed by atoms with Crippen molar-refractivity contribution in [3.05, 3.63) is 51.2 Å². The van der Waals surface area contributed by atoms with E-state index in [2.05, 4.69) is 34.5 Å². The summed E-state index contributed by atoms with van der Waals surface area (Å²) in [4.78, 5) is 4.45. The van der Waals surface area contributed by atoms with Crippen LogP contribution in [0.15, 0.2) is 36.4 Å². The molecule has 0 aliphatic carbocycles. The monoisotopic (exact) mass is 369 g/mol. The molecule has 0 amide bonds. The van der Waals surface area contributed by atoms with Crippen molar-refractivity contribution < 1.29 is 9.84 Å². The standard InChI is InChI=1S/C15H16INO2/c1-2-3-13-8-11(10-18)9-15(17-13)19-14-6-4-12(16)5-7-14/h4-9,18H,2-3,10H2,1H3. The number of hydrogen-bond donors (Lipinski definition) is 1. The molecular weight excluding hydrogens is 353 g/mol. The minimum atomic E-state index is 0.00226. The minimum absolute atomic E-state index is 0.00226. The third-order valence-electron chi connectivity index (χ3n) is 2.64. The van der Waals surface area contributed by atoms with Gasteiger partial charge in [0, 0.05) is 15.3 Å². The number of benzene rings is 1. The van der Waals surface area contributed by atoms with Gasteiger partial charge in [-0.25, -0.2) is 4.98 Å². The molecule has 0 aliphatic rings. The summed E-state index contributed by atoms with van der Waals surface area (Å²) in [5.41, 5.74) is 1.79. The average Bonchev–Trinajstić information content (AvgIpc) is 2.41. The Morgan fingerprint density at radius 1 is 1.21 bits per heavy atom. The van der Waals surface area contributed by atoms with E-state index in [-0.39, 0.29) is 6.61 Å². The molecule has 0 saturated carbocycles. The number of halogens is 1. The molecule has 1 heterocycles. The minimum Gasteiger partial charge on any atom is -0.439 e. The van der Waals surface area contributed by atoms with Crippen LogP contribution in [0.3, 0.4) is 0 Å². The summed E-state index contributed by atoms with van der Waals surface area (Å²) < 4.78 is 6.90. The fourth-order valence-corrected chi connectivity index (χ4v) is 2.13. The van der Waals surface area contributed by atoms with Gasteiger partial charge >= 0.3 is 0 Å². The normalized spacial score (nSPS) is 10.5. The Bertz CT molecular complexity index is 540. The van der Waals surface area contributed by atoms with Gasteiger partial charge in [0.1, 0.15) is 5.75 Å². The first-order chi connectivity index (χ1) is 9.21. The summed E-state index contributed by atoms with van der Waals surface area (Å²) in [6.45, 7) is 2.11. The van der Waals surface area contributed by atoms with Gasteiger partial charge < -0.3 is 9.84 Å². The first-order valence-electron chi connectivity index (χ1n) is 6.25. The number of aromatic nitrogens is 1. The van der Waals surface area contributed by atoms with Crippen LogP contribution in [0.2, 0.25) is 0 Å². The van der Waals surface area contributed by atoms with E-state index >= 15 is 0 Å². The number of aryl methyl sites for hydroxylation is 1. The molecule has 1 aromatic heterocycles. The molecule has 0 spiro atoms. The molecule has 0 saturated heterocycles. The van der Waals surface area contributed by atoms with Crippen LogP contribution in [0, 0.1) is 3.57 Å². The number of aliphatic hydroxyl groups is 1. The van der Waals surface area contributed by atoms with Gasteiger partial charge in [-0.05, 0) is 64.9 Å². The third-order valence-corrected chi connectivity index (χ3v) is 3.36. The van der Waals surface area contributed by atoms with Crippen molar-refractivity contribution in [3.8, 4) is 11.6 Å². The predicted molar refractivity (Wildman–Crippen MR) is 83.4 cm³/mol. The van der Waals surface area contributed by atoms with E-state index in [9.17, 15) is 5.11 Å². The van der Waals surface area contributed by atoms with E-state index in [1.165, 1.54) is 0 Å². The Morgan fingerprint density at radius 2 is 1.95 bits per heavy atom. The first-order valence-corrected chi connectivity index (χ1v) is 7.33. The molecule has 1 aromatic carbocycles. The van der Waals surface area contributed by atoms with Crippen molar-refractivity contribution in [3.63, 3.8) is 0 Å². The molecule has 0 atom stereocenters. The van der Waals surface area contributed by atoms with Crippen LogP contribution in [0.25, 0.3) is 0 Å². The molecule has 4 heteroatoms. The smallest absolute Gasteiger partial charge is 0.219 e. The third kappa shape index (κ3) is 4.18. The molecule has 0 radical (unpaired) electrons. The van der Waals surface area contributed by atoms with Gasteiger partial charge in [-0.15, -0.1) is 0 Å². The second-order valence-corrected chi connectivity index (χ2v) is 5.51. The Hall–Kier alpha value is -1.14. The quantitative estimate of drug-likeness (QED) is 0.813. The van der Waals surface area contributed by atoms with Crippen molar-refractivity contribution in [1.29, 1.82) is 0 Å². The molecule has 3 nitrogen and oxygen atoms in total. The van der Waals surface area contributed by atoms with Gasteiger partial charge in [0.05, 0.1) is 6.61 Å². The highest BCUT2D eigenvalue weighted by molar-refractivity contribution is 14.1. The zero-order valence-corrected chi connectivity index (χ0v) is 12.9. The van der Waals surface area contributed by atoms with Gasteiger partial charge in [0.25, 0.3) is 0 Å². The highest BCUT2D eigenvalue weighted by atomic mass is 127. The zero-order valence-electron chi connectivity index (χ0n) is 10.8. The number of hydrogen-bond acceptors (Lipinski definition) is 3. The molecule has 19 heavy (non-hydrogen) atoms. The number of rotatable bonds is 5. The fourth-order valence-electron chi connectivity index (χ4n) is 1.77. The largest absolute Gasteiger partial charge is 0.439 e. The van der Waals surface area contributed by atoms with Gasteiger partial charge in [-0.3, -0.25) is 0 Å². The second-order valence-electron chi connectivity index (χ2n) is 4.27. The summed E-state index contributed by atoms with van der Waals surface area (Å²) in [7, 11) is 0. The van der Waals surface area contributed by atoms with Crippen LogP contribution < -0.4 is 4.74 Å². The maximum Gasteiger partial charge on any atom is 0.219 e. The van der Waals surface area contributed by atoms with Crippen LogP contribution >= 0.6 is 22.6 Å². The van der Waals surface area contributed by atoms with Crippen LogP contribution in [-0.4, -0.2) is 10.1 Å². The highest BCUT2D eigenvalue weighted by Crippen LogP contribution is 2.22. The van der Waals surface area contributed by atoms with E-state index in [4.69, 9.17) is 4.74 Å². The molecule has 100 valence electrons. The van der Waals surface area contributed by atoms with Crippen molar-refractivity contribution in [2.45, 2.75) is 26.4 Å². The van der Waals surface area contributed by atoms with E-state index in [1.54, 1.807) is 6.07 Å². The van der Waals surface area contributed by atoms with Crippen molar-refractivity contribution in [2.75, 3.05) is 0 Å². The Balaban J connectivity index is 2.23. The molecule has 0 fully saturated rings. The number of nitrogens with zero attached hydrogens (tertiary/aromatic N) is 1. The lowest BCUT2D eigenvalue weighted by Crippen LogP contribution is -1.97. The van der Waals surface area contributed by atoms with Gasteiger partial charge in [-0.1, -0.05) is 13.3 Å². The van der Waals surface area contributed by atoms with Gasteiger partial charge in [0.15, 0.2) is 0 Å². The predicted octanol–water partition coefficient (Wildman–Crippen LogP) is 3.92. The first kappa shape index (κ1) is 14.3. The van der Waals surface area contributed by atoms with Gasteiger partial charge in [0.2, 0.25) is 5.88 Å². The summed E-state index contributed by atoms with van der Waals surface area (Å²) >= 11 is 2.25. The molecule has 2 rings (SSSR count). The maximum atomic E-state index is 9.27. The fraction of sp³-hybridized carbons (Fsp3) is 0.267. The molecule has 0 aliphatic heterocycles. The maximum absolute atomic E-state index is 9.27. The average molecular weight is 369 g/mol. The molecule has 1 N–H and O–H groups in total. The molecule has 2 aromatic rings. The lowest BCUT2D eigenvalue weighted by molar-refractivity contribution is 0.280.